The minimum Gasteiger partial charge on any atom is -0.449 e. The molecule has 0 saturated heterocycles. The van der Waals surface area contributed by atoms with Crippen molar-refractivity contribution in [2.24, 2.45) is 5.73 Å². The number of aryl methyl sites for hydroxylation is 2. The van der Waals surface area contributed by atoms with Crippen LogP contribution in [-0.2, 0) is 36.5 Å². The van der Waals surface area contributed by atoms with Crippen LogP contribution in [0.25, 0.3) is 0 Å². The van der Waals surface area contributed by atoms with Gasteiger partial charge < -0.3 is 15.4 Å². The summed E-state index contributed by atoms with van der Waals surface area (Å²) in [5, 5.41) is 0. The fourth-order valence-electron chi connectivity index (χ4n) is 5.31. The second-order valence-corrected chi connectivity index (χ2v) is 9.58. The van der Waals surface area contributed by atoms with E-state index in [0.29, 0.717) is 23.4 Å². The first-order valence-electron chi connectivity index (χ1n) is 12.2. The Hall–Kier alpha value is -3.44. The Morgan fingerprint density at radius 2 is 1.58 bits per heavy atom. The van der Waals surface area contributed by atoms with E-state index in [0.717, 1.165) is 35.3 Å². The van der Waals surface area contributed by atoms with Crippen LogP contribution in [-0.4, -0.2) is 29.7 Å². The first kappa shape index (κ1) is 27.6. The van der Waals surface area contributed by atoms with E-state index in [2.05, 4.69) is 0 Å². The zero-order chi connectivity index (χ0) is 28.0. The van der Waals surface area contributed by atoms with E-state index in [-0.39, 0.29) is 24.7 Å². The number of anilines is 1. The highest BCUT2D eigenvalue weighted by Crippen LogP contribution is 2.44. The molecule has 0 saturated carbocycles. The van der Waals surface area contributed by atoms with E-state index in [9.17, 15) is 35.9 Å². The molecule has 6 nitrogen and oxygen atoms in total. The zero-order valence-electron chi connectivity index (χ0n) is 20.7. The maximum absolute atomic E-state index is 13.4. The number of carbonyl (C=O) groups is 2. The summed E-state index contributed by atoms with van der Waals surface area (Å²) in [6.07, 6.45) is -8.04. The molecule has 0 fully saturated rings. The molecule has 0 spiro atoms. The molecule has 2 unspecified atom stereocenters. The Morgan fingerprint density at radius 3 is 2.11 bits per heavy atom. The largest absolute Gasteiger partial charge is 0.449 e. The molecule has 12 heteroatoms. The molecule has 4 rings (SSSR count). The normalized spacial score (nSPS) is 19.1. The number of alkyl halides is 6. The number of rotatable bonds is 4. The number of primary amides is 1. The van der Waals surface area contributed by atoms with Gasteiger partial charge in [-0.3, -0.25) is 4.90 Å². The second kappa shape index (κ2) is 10.0. The lowest BCUT2D eigenvalue weighted by Gasteiger charge is -2.43. The molecule has 1 aliphatic carbocycles. The monoisotopic (exact) mass is 543 g/mol. The van der Waals surface area contributed by atoms with E-state index in [1.54, 1.807) is 13.8 Å². The molecule has 3 amide bonds. The van der Waals surface area contributed by atoms with Crippen LogP contribution in [0.5, 0.6) is 0 Å². The number of hydrogen-bond acceptors (Lipinski definition) is 3. The molecule has 0 radical (unpaired) electrons. The molecule has 2 aromatic rings. The summed E-state index contributed by atoms with van der Waals surface area (Å²) in [5.41, 5.74) is 5.41. The summed E-state index contributed by atoms with van der Waals surface area (Å²) in [6, 6.07) is 2.61. The van der Waals surface area contributed by atoms with E-state index in [1.807, 2.05) is 12.1 Å². The summed E-state index contributed by atoms with van der Waals surface area (Å²) >= 11 is 0. The highest BCUT2D eigenvalue weighted by molar-refractivity contribution is 5.91. The Morgan fingerprint density at radius 1 is 1.00 bits per heavy atom. The van der Waals surface area contributed by atoms with Gasteiger partial charge in [0.25, 0.3) is 0 Å². The van der Waals surface area contributed by atoms with Crippen molar-refractivity contribution in [3.05, 3.63) is 63.7 Å². The van der Waals surface area contributed by atoms with Crippen LogP contribution in [0.4, 0.5) is 41.6 Å². The lowest BCUT2D eigenvalue weighted by molar-refractivity contribution is -0.143. The molecule has 0 aromatic heterocycles. The zero-order valence-corrected chi connectivity index (χ0v) is 20.7. The fraction of sp³-hybridized carbons (Fsp3) is 0.462. The summed E-state index contributed by atoms with van der Waals surface area (Å²) < 4.78 is 85.8. The maximum Gasteiger partial charge on any atom is 0.416 e. The topological polar surface area (TPSA) is 75.9 Å². The summed E-state index contributed by atoms with van der Waals surface area (Å²) in [6.45, 7) is 2.94. The third kappa shape index (κ3) is 5.39. The molecule has 2 N–H and O–H groups in total. The van der Waals surface area contributed by atoms with Crippen molar-refractivity contribution in [2.75, 3.05) is 11.5 Å². The Bertz CT molecular complexity index is 1210. The van der Waals surface area contributed by atoms with Crippen molar-refractivity contribution < 1.29 is 40.7 Å². The number of nitrogens with two attached hydrogens (primary N) is 1. The highest BCUT2D eigenvalue weighted by atomic mass is 19.4. The van der Waals surface area contributed by atoms with E-state index in [1.165, 1.54) is 4.90 Å². The second-order valence-electron chi connectivity index (χ2n) is 9.58. The Labute approximate surface area is 215 Å². The first-order chi connectivity index (χ1) is 17.7. The first-order valence-corrected chi connectivity index (χ1v) is 12.2. The SMILES string of the molecule is CCOC(=O)N1c2cc3c(cc2C(N(Cc2cc(C(F)(F)F)cc(C(F)(F)F)c2)C(N)=O)CC1C)CCC3. The van der Waals surface area contributed by atoms with Gasteiger partial charge in [-0.2, -0.15) is 26.3 Å². The number of carbonyl (C=O) groups excluding carboxylic acids is 2. The van der Waals surface area contributed by atoms with Gasteiger partial charge in [-0.15, -0.1) is 0 Å². The van der Waals surface area contributed by atoms with Crippen molar-refractivity contribution in [3.8, 4) is 0 Å². The van der Waals surface area contributed by atoms with E-state index in [4.69, 9.17) is 10.5 Å². The minimum absolute atomic E-state index is 0.0383. The van der Waals surface area contributed by atoms with Gasteiger partial charge in [0, 0.05) is 12.6 Å². The van der Waals surface area contributed by atoms with Crippen LogP contribution in [0.3, 0.4) is 0 Å². The van der Waals surface area contributed by atoms with E-state index < -0.39 is 54.2 Å². The van der Waals surface area contributed by atoms with Gasteiger partial charge in [-0.25, -0.2) is 9.59 Å². The van der Waals surface area contributed by atoms with Crippen LogP contribution < -0.4 is 10.6 Å². The number of urea groups is 1. The Balaban J connectivity index is 1.80. The standard InChI is InChI=1S/C26H27F6N3O3/c1-3-38-24(37)35-14(2)7-21(20-10-16-5-4-6-17(16)11-22(20)35)34(23(33)36)13-15-8-18(25(27,28)29)12-19(9-15)26(30,31)32/h8-12,14,21H,3-7,13H2,1-2H3,(H2,33,36). The van der Waals surface area contributed by atoms with Gasteiger partial charge in [0.2, 0.25) is 0 Å². The predicted molar refractivity (Wildman–Crippen MR) is 126 cm³/mol. The van der Waals surface area contributed by atoms with Gasteiger partial charge in [0.1, 0.15) is 0 Å². The lowest BCUT2D eigenvalue weighted by atomic mass is 9.88. The molecule has 2 aromatic carbocycles. The quantitative estimate of drug-likeness (QED) is 0.442. The third-order valence-electron chi connectivity index (χ3n) is 6.99. The van der Waals surface area contributed by atoms with Crippen LogP contribution in [0.2, 0.25) is 0 Å². The van der Waals surface area contributed by atoms with Gasteiger partial charge in [0.15, 0.2) is 0 Å². The number of nitrogens with zero attached hydrogens (tertiary/aromatic N) is 2. The third-order valence-corrected chi connectivity index (χ3v) is 6.99. The summed E-state index contributed by atoms with van der Waals surface area (Å²) in [5.74, 6) is 0. The number of benzene rings is 2. The van der Waals surface area contributed by atoms with Gasteiger partial charge in [-0.1, -0.05) is 6.07 Å². The highest BCUT2D eigenvalue weighted by Gasteiger charge is 2.41. The van der Waals surface area contributed by atoms with Gasteiger partial charge in [0.05, 0.1) is 29.5 Å². The average molecular weight is 544 g/mol. The van der Waals surface area contributed by atoms with Crippen molar-refractivity contribution in [3.63, 3.8) is 0 Å². The fourth-order valence-corrected chi connectivity index (χ4v) is 5.31. The average Bonchev–Trinajstić information content (AvgIpc) is 3.27. The van der Waals surface area contributed by atoms with Crippen molar-refractivity contribution in [1.82, 2.24) is 4.90 Å². The molecule has 2 aliphatic rings. The number of amides is 3. The minimum atomic E-state index is -5.03. The van der Waals surface area contributed by atoms with Crippen molar-refractivity contribution in [2.45, 2.75) is 70.5 Å². The molecule has 38 heavy (non-hydrogen) atoms. The molecular weight excluding hydrogens is 516 g/mol. The summed E-state index contributed by atoms with van der Waals surface area (Å²) in [7, 11) is 0. The summed E-state index contributed by atoms with van der Waals surface area (Å²) in [4.78, 5) is 28.0. The maximum atomic E-state index is 13.4. The molecule has 1 heterocycles. The van der Waals surface area contributed by atoms with Crippen LogP contribution >= 0.6 is 0 Å². The molecule has 2 atom stereocenters. The molecule has 206 valence electrons. The van der Waals surface area contributed by atoms with Crippen molar-refractivity contribution in [1.29, 1.82) is 0 Å². The van der Waals surface area contributed by atoms with Crippen LogP contribution in [0.1, 0.15) is 66.1 Å². The number of fused-ring (bicyclic) bond motifs is 2. The van der Waals surface area contributed by atoms with Crippen LogP contribution in [0, 0.1) is 0 Å². The Kier molecular flexibility index (Phi) is 7.28. The van der Waals surface area contributed by atoms with Gasteiger partial charge >= 0.3 is 24.5 Å². The molecule has 0 bridgehead atoms. The number of halogens is 6. The van der Waals surface area contributed by atoms with Gasteiger partial charge in [-0.05, 0) is 86.1 Å². The number of ether oxygens (including phenoxy) is 1. The van der Waals surface area contributed by atoms with Crippen LogP contribution in [0.15, 0.2) is 30.3 Å². The van der Waals surface area contributed by atoms with E-state index >= 15 is 0 Å². The molecule has 1 aliphatic heterocycles. The smallest absolute Gasteiger partial charge is 0.416 e. The van der Waals surface area contributed by atoms with Crippen molar-refractivity contribution >= 4 is 17.8 Å². The lowest BCUT2D eigenvalue weighted by Crippen LogP contribution is -2.48. The predicted octanol–water partition coefficient (Wildman–Crippen LogP) is 6.59. The number of hydrogen-bond donors (Lipinski definition) is 1. The molecular formula is C26H27F6N3O3.